The molecule has 5 nitrogen and oxygen atoms in total. The van der Waals surface area contributed by atoms with Gasteiger partial charge in [-0.2, -0.15) is 0 Å². The molecule has 0 aromatic heterocycles. The minimum absolute atomic E-state index is 0.0212. The lowest BCUT2D eigenvalue weighted by atomic mass is 9.86. The summed E-state index contributed by atoms with van der Waals surface area (Å²) in [5.74, 6) is -1.19. The topological polar surface area (TPSA) is 78.6 Å². The van der Waals surface area contributed by atoms with Gasteiger partial charge in [0.15, 0.2) is 6.10 Å². The Morgan fingerprint density at radius 3 is 2.15 bits per heavy atom. The Bertz CT molecular complexity index is 474. The maximum atomic E-state index is 11.7. The Labute approximate surface area is 119 Å². The first-order valence-electron chi connectivity index (χ1n) is 6.34. The lowest BCUT2D eigenvalue weighted by Crippen LogP contribution is -2.24. The fourth-order valence-corrected chi connectivity index (χ4v) is 1.73. The van der Waals surface area contributed by atoms with Gasteiger partial charge < -0.3 is 15.2 Å². The van der Waals surface area contributed by atoms with E-state index in [1.165, 1.54) is 7.11 Å². The monoisotopic (exact) mass is 279 g/mol. The molecule has 1 rings (SSSR count). The van der Waals surface area contributed by atoms with E-state index in [9.17, 15) is 9.59 Å². The number of rotatable bonds is 5. The summed E-state index contributed by atoms with van der Waals surface area (Å²) in [5.41, 5.74) is 6.82. The van der Waals surface area contributed by atoms with Gasteiger partial charge in [-0.1, -0.05) is 45.0 Å². The zero-order valence-corrected chi connectivity index (χ0v) is 12.3. The highest BCUT2D eigenvalue weighted by atomic mass is 16.6. The second-order valence-corrected chi connectivity index (χ2v) is 5.55. The van der Waals surface area contributed by atoms with Gasteiger partial charge in [-0.3, -0.25) is 4.79 Å². The van der Waals surface area contributed by atoms with Crippen LogP contribution in [0.25, 0.3) is 0 Å². The molecule has 1 unspecified atom stereocenters. The van der Waals surface area contributed by atoms with Crippen LogP contribution in [0.15, 0.2) is 24.3 Å². The zero-order valence-electron chi connectivity index (χ0n) is 12.3. The van der Waals surface area contributed by atoms with Gasteiger partial charge >= 0.3 is 5.97 Å². The van der Waals surface area contributed by atoms with Gasteiger partial charge in [0.05, 0.1) is 7.11 Å². The average Bonchev–Trinajstić information content (AvgIpc) is 2.37. The van der Waals surface area contributed by atoms with E-state index in [4.69, 9.17) is 10.5 Å². The number of benzene rings is 1. The van der Waals surface area contributed by atoms with Crippen LogP contribution in [0, 0.1) is 0 Å². The van der Waals surface area contributed by atoms with Crippen molar-refractivity contribution in [1.82, 2.24) is 0 Å². The summed E-state index contributed by atoms with van der Waals surface area (Å²) in [6.45, 7) is 5.97. The Balaban J connectivity index is 2.96. The van der Waals surface area contributed by atoms with Crippen LogP contribution in [-0.2, 0) is 24.5 Å². The summed E-state index contributed by atoms with van der Waals surface area (Å²) in [6.07, 6.45) is -0.943. The van der Waals surface area contributed by atoms with Crippen LogP contribution in [0.5, 0.6) is 0 Å². The summed E-state index contributed by atoms with van der Waals surface area (Å²) < 4.78 is 9.90. The van der Waals surface area contributed by atoms with Gasteiger partial charge in [-0.25, -0.2) is 4.79 Å². The number of hydrogen-bond donors (Lipinski definition) is 1. The van der Waals surface area contributed by atoms with Crippen molar-refractivity contribution < 1.29 is 19.1 Å². The van der Waals surface area contributed by atoms with E-state index in [0.717, 1.165) is 5.56 Å². The molecule has 0 bridgehead atoms. The molecule has 1 amide bonds. The second kappa shape index (κ2) is 6.52. The lowest BCUT2D eigenvalue weighted by molar-refractivity contribution is -0.155. The minimum atomic E-state index is -0.943. The first-order chi connectivity index (χ1) is 9.25. The molecule has 0 aliphatic carbocycles. The quantitative estimate of drug-likeness (QED) is 0.832. The predicted molar refractivity (Wildman–Crippen MR) is 75.0 cm³/mol. The van der Waals surface area contributed by atoms with Crippen molar-refractivity contribution in [2.45, 2.75) is 32.3 Å². The van der Waals surface area contributed by atoms with E-state index in [1.54, 1.807) is 12.1 Å². The molecule has 20 heavy (non-hydrogen) atoms. The maximum absolute atomic E-state index is 11.7. The van der Waals surface area contributed by atoms with Crippen molar-refractivity contribution in [1.29, 1.82) is 0 Å². The highest BCUT2D eigenvalue weighted by molar-refractivity contribution is 5.78. The first kappa shape index (κ1) is 16.2. The number of amides is 1. The minimum Gasteiger partial charge on any atom is -0.467 e. The molecule has 0 heterocycles. The first-order valence-corrected chi connectivity index (χ1v) is 6.34. The number of carbonyl (C=O) groups excluding carboxylic acids is 2. The fourth-order valence-electron chi connectivity index (χ4n) is 1.73. The van der Waals surface area contributed by atoms with Gasteiger partial charge in [-0.15, -0.1) is 0 Å². The fraction of sp³-hybridized carbons (Fsp3) is 0.467. The van der Waals surface area contributed by atoms with Gasteiger partial charge in [0.1, 0.15) is 6.61 Å². The van der Waals surface area contributed by atoms with Gasteiger partial charge in [0.25, 0.3) is 0 Å². The number of ether oxygens (including phenoxy) is 2. The number of carbonyl (C=O) groups is 2. The standard InChI is InChI=1S/C15H21NO4/c1-15(2,3)11-7-5-10(6-8-11)13(14(18)19-4)20-9-12(16)17/h5-8,13H,9H2,1-4H3,(H2,16,17). The molecular weight excluding hydrogens is 258 g/mol. The number of methoxy groups -OCH3 is 1. The van der Waals surface area contributed by atoms with E-state index in [-0.39, 0.29) is 12.0 Å². The molecule has 2 N–H and O–H groups in total. The summed E-state index contributed by atoms with van der Waals surface area (Å²) >= 11 is 0. The van der Waals surface area contributed by atoms with Gasteiger partial charge in [0.2, 0.25) is 5.91 Å². The summed E-state index contributed by atoms with van der Waals surface area (Å²) in [6, 6.07) is 7.45. The SMILES string of the molecule is COC(=O)C(OCC(N)=O)c1ccc(C(C)(C)C)cc1. The highest BCUT2D eigenvalue weighted by Gasteiger charge is 2.23. The van der Waals surface area contributed by atoms with Crippen molar-refractivity contribution in [2.24, 2.45) is 5.73 Å². The highest BCUT2D eigenvalue weighted by Crippen LogP contribution is 2.25. The number of esters is 1. The molecule has 1 aromatic rings. The molecule has 0 spiro atoms. The van der Waals surface area contributed by atoms with Crippen LogP contribution < -0.4 is 5.73 Å². The van der Waals surface area contributed by atoms with E-state index in [1.807, 2.05) is 12.1 Å². The third-order valence-corrected chi connectivity index (χ3v) is 2.89. The van der Waals surface area contributed by atoms with Crippen LogP contribution >= 0.6 is 0 Å². The third-order valence-electron chi connectivity index (χ3n) is 2.89. The number of hydrogen-bond acceptors (Lipinski definition) is 4. The van der Waals surface area contributed by atoms with Crippen molar-refractivity contribution in [2.75, 3.05) is 13.7 Å². The van der Waals surface area contributed by atoms with Gasteiger partial charge in [-0.05, 0) is 16.5 Å². The third kappa shape index (κ3) is 4.35. The molecule has 0 saturated heterocycles. The van der Waals surface area contributed by atoms with Gasteiger partial charge in [0, 0.05) is 0 Å². The molecule has 0 fully saturated rings. The molecule has 1 atom stereocenters. The van der Waals surface area contributed by atoms with Crippen LogP contribution in [0.2, 0.25) is 0 Å². The molecule has 1 aromatic carbocycles. The Kier molecular flexibility index (Phi) is 5.27. The van der Waals surface area contributed by atoms with Crippen LogP contribution in [0.4, 0.5) is 0 Å². The Morgan fingerprint density at radius 2 is 1.75 bits per heavy atom. The maximum Gasteiger partial charge on any atom is 0.339 e. The molecule has 0 radical (unpaired) electrons. The summed E-state index contributed by atoms with van der Waals surface area (Å²) in [5, 5.41) is 0. The van der Waals surface area contributed by atoms with Crippen molar-refractivity contribution >= 4 is 11.9 Å². The summed E-state index contributed by atoms with van der Waals surface area (Å²) in [7, 11) is 1.27. The number of primary amides is 1. The molecule has 0 aliphatic heterocycles. The van der Waals surface area contributed by atoms with Crippen LogP contribution in [0.1, 0.15) is 38.0 Å². The molecule has 0 aliphatic rings. The summed E-state index contributed by atoms with van der Waals surface area (Å²) in [4.78, 5) is 22.5. The molecule has 5 heteroatoms. The Morgan fingerprint density at radius 1 is 1.20 bits per heavy atom. The average molecular weight is 279 g/mol. The Hall–Kier alpha value is -1.88. The smallest absolute Gasteiger partial charge is 0.339 e. The number of nitrogens with two attached hydrogens (primary N) is 1. The van der Waals surface area contributed by atoms with Crippen molar-refractivity contribution in [3.63, 3.8) is 0 Å². The zero-order chi connectivity index (χ0) is 15.3. The van der Waals surface area contributed by atoms with Crippen molar-refractivity contribution in [3.05, 3.63) is 35.4 Å². The molecule has 110 valence electrons. The van der Waals surface area contributed by atoms with E-state index < -0.39 is 18.0 Å². The molecule has 0 saturated carbocycles. The van der Waals surface area contributed by atoms with Crippen LogP contribution in [0.3, 0.4) is 0 Å². The second-order valence-electron chi connectivity index (χ2n) is 5.55. The molecular formula is C15H21NO4. The largest absolute Gasteiger partial charge is 0.467 e. The van der Waals surface area contributed by atoms with E-state index >= 15 is 0 Å². The predicted octanol–water partition coefficient (Wildman–Crippen LogP) is 1.70. The van der Waals surface area contributed by atoms with Crippen LogP contribution in [-0.4, -0.2) is 25.6 Å². The van der Waals surface area contributed by atoms with E-state index in [0.29, 0.717) is 5.56 Å². The van der Waals surface area contributed by atoms with Crippen molar-refractivity contribution in [3.8, 4) is 0 Å². The normalized spacial score (nSPS) is 12.8. The van der Waals surface area contributed by atoms with E-state index in [2.05, 4.69) is 25.5 Å². The lowest BCUT2D eigenvalue weighted by Gasteiger charge is -2.20.